The normalized spacial score (nSPS) is 23.7. The quantitative estimate of drug-likeness (QED) is 0.866. The second kappa shape index (κ2) is 5.55. The average Bonchev–Trinajstić information content (AvgIpc) is 2.73. The number of nitrogens with two attached hydrogens (primary N) is 1. The van der Waals surface area contributed by atoms with Crippen LogP contribution in [0.4, 0.5) is 14.3 Å². The zero-order chi connectivity index (χ0) is 14.9. The Kier molecular flexibility index (Phi) is 4.17. The Morgan fingerprint density at radius 2 is 2.30 bits per heavy atom. The van der Waals surface area contributed by atoms with Gasteiger partial charge in [-0.05, 0) is 27.2 Å². The number of anilines is 1. The van der Waals surface area contributed by atoms with Crippen molar-refractivity contribution in [1.82, 2.24) is 9.88 Å². The molecular formula is C13H20FN3O2S. The SMILES string of the molecule is CC(C)(C)OC(=O)N1CCC(c2cnc(N)s2)[C@H](F)C1. The van der Waals surface area contributed by atoms with Gasteiger partial charge in [0.1, 0.15) is 11.8 Å². The highest BCUT2D eigenvalue weighted by Gasteiger charge is 2.35. The fraction of sp³-hybridized carbons (Fsp3) is 0.692. The van der Waals surface area contributed by atoms with Gasteiger partial charge in [-0.15, -0.1) is 11.3 Å². The summed E-state index contributed by atoms with van der Waals surface area (Å²) in [6.07, 6.45) is 0.612. The lowest BCUT2D eigenvalue weighted by Crippen LogP contribution is -2.46. The van der Waals surface area contributed by atoms with Crippen LogP contribution >= 0.6 is 11.3 Å². The summed E-state index contributed by atoms with van der Waals surface area (Å²) >= 11 is 1.31. The molecule has 0 bridgehead atoms. The molecule has 1 aromatic heterocycles. The third-order valence-corrected chi connectivity index (χ3v) is 4.06. The lowest BCUT2D eigenvalue weighted by atomic mass is 9.94. The van der Waals surface area contributed by atoms with Gasteiger partial charge in [-0.1, -0.05) is 0 Å². The second-order valence-corrected chi connectivity index (χ2v) is 7.03. The maximum absolute atomic E-state index is 14.3. The standard InChI is InChI=1S/C13H20FN3O2S/c1-13(2,3)19-12(18)17-5-4-8(9(14)7-17)10-6-16-11(15)20-10/h6,8-9H,4-5,7H2,1-3H3,(H2,15,16)/t8?,9-/m1/s1. The highest BCUT2D eigenvalue weighted by atomic mass is 32.1. The summed E-state index contributed by atoms with van der Waals surface area (Å²) in [5.74, 6) is -0.233. The van der Waals surface area contributed by atoms with Crippen LogP contribution in [-0.2, 0) is 4.74 Å². The smallest absolute Gasteiger partial charge is 0.410 e. The van der Waals surface area contributed by atoms with E-state index in [9.17, 15) is 9.18 Å². The third-order valence-electron chi connectivity index (χ3n) is 3.10. The van der Waals surface area contributed by atoms with Crippen molar-refractivity contribution in [1.29, 1.82) is 0 Å². The first kappa shape index (κ1) is 15.0. The first-order valence-corrected chi connectivity index (χ1v) is 7.41. The van der Waals surface area contributed by atoms with E-state index in [1.165, 1.54) is 16.2 Å². The van der Waals surface area contributed by atoms with Gasteiger partial charge in [0.25, 0.3) is 0 Å². The molecule has 1 aromatic rings. The Labute approximate surface area is 121 Å². The number of hydrogen-bond donors (Lipinski definition) is 1. The number of nitrogens with zero attached hydrogens (tertiary/aromatic N) is 2. The molecule has 1 fully saturated rings. The highest BCUT2D eigenvalue weighted by Crippen LogP contribution is 2.34. The molecule has 0 saturated carbocycles. The molecule has 2 heterocycles. The fourth-order valence-electron chi connectivity index (χ4n) is 2.19. The Morgan fingerprint density at radius 1 is 1.60 bits per heavy atom. The summed E-state index contributed by atoms with van der Waals surface area (Å²) in [5, 5.41) is 0.446. The van der Waals surface area contributed by atoms with Crippen LogP contribution in [0.1, 0.15) is 38.0 Å². The van der Waals surface area contributed by atoms with Crippen LogP contribution in [0.3, 0.4) is 0 Å². The van der Waals surface area contributed by atoms with Crippen LogP contribution < -0.4 is 5.73 Å². The molecule has 112 valence electrons. The van der Waals surface area contributed by atoms with E-state index in [-0.39, 0.29) is 12.5 Å². The minimum Gasteiger partial charge on any atom is -0.444 e. The van der Waals surface area contributed by atoms with Gasteiger partial charge in [0.05, 0.1) is 6.54 Å². The first-order valence-electron chi connectivity index (χ1n) is 6.59. The number of carbonyl (C=O) groups is 1. The summed E-state index contributed by atoms with van der Waals surface area (Å²) in [6, 6.07) is 0. The highest BCUT2D eigenvalue weighted by molar-refractivity contribution is 7.15. The number of thiazole rings is 1. The maximum Gasteiger partial charge on any atom is 0.410 e. The number of likely N-dealkylation sites (tertiary alicyclic amines) is 1. The molecule has 0 aliphatic carbocycles. The number of carbonyl (C=O) groups excluding carboxylic acids is 1. The Morgan fingerprint density at radius 3 is 2.80 bits per heavy atom. The molecule has 1 amide bonds. The van der Waals surface area contributed by atoms with Gasteiger partial charge in [0.2, 0.25) is 0 Å². The first-order chi connectivity index (χ1) is 9.26. The van der Waals surface area contributed by atoms with Crippen molar-refractivity contribution < 1.29 is 13.9 Å². The summed E-state index contributed by atoms with van der Waals surface area (Å²) in [4.78, 5) is 18.1. The molecule has 2 N–H and O–H groups in total. The number of hydrogen-bond acceptors (Lipinski definition) is 5. The number of nitrogen functional groups attached to an aromatic ring is 1. The second-order valence-electron chi connectivity index (χ2n) is 5.94. The number of alkyl halides is 1. The lowest BCUT2D eigenvalue weighted by molar-refractivity contribution is 0.0113. The molecule has 1 unspecified atom stereocenters. The minimum absolute atomic E-state index is 0.0530. The van der Waals surface area contributed by atoms with Gasteiger partial charge in [0.15, 0.2) is 5.13 Å². The van der Waals surface area contributed by atoms with E-state index in [1.54, 1.807) is 27.0 Å². The van der Waals surface area contributed by atoms with Crippen molar-refractivity contribution >= 4 is 22.6 Å². The molecule has 20 heavy (non-hydrogen) atoms. The molecule has 0 aromatic carbocycles. The molecule has 2 atom stereocenters. The largest absolute Gasteiger partial charge is 0.444 e. The number of piperidine rings is 1. The van der Waals surface area contributed by atoms with Crippen molar-refractivity contribution in [2.75, 3.05) is 18.8 Å². The Balaban J connectivity index is 1.97. The van der Waals surface area contributed by atoms with E-state index in [0.29, 0.717) is 18.1 Å². The number of aromatic nitrogens is 1. The predicted molar refractivity (Wildman–Crippen MR) is 76.6 cm³/mol. The van der Waals surface area contributed by atoms with Crippen molar-refractivity contribution in [3.05, 3.63) is 11.1 Å². The third kappa shape index (κ3) is 3.59. The van der Waals surface area contributed by atoms with Crippen LogP contribution in [0.5, 0.6) is 0 Å². The molecule has 2 rings (SSSR count). The minimum atomic E-state index is -1.11. The lowest BCUT2D eigenvalue weighted by Gasteiger charge is -2.35. The summed E-state index contributed by atoms with van der Waals surface area (Å²) in [6.45, 7) is 5.93. The number of halogens is 1. The zero-order valence-corrected chi connectivity index (χ0v) is 12.7. The molecule has 5 nitrogen and oxygen atoms in total. The van der Waals surface area contributed by atoms with E-state index in [0.717, 1.165) is 4.88 Å². The van der Waals surface area contributed by atoms with Gasteiger partial charge in [0, 0.05) is 23.5 Å². The topological polar surface area (TPSA) is 68.5 Å². The molecule has 1 aliphatic rings. The van der Waals surface area contributed by atoms with Crippen molar-refractivity contribution in [2.45, 2.75) is 44.9 Å². The number of ether oxygens (including phenoxy) is 1. The van der Waals surface area contributed by atoms with E-state index in [4.69, 9.17) is 10.5 Å². The molecule has 1 aliphatic heterocycles. The summed E-state index contributed by atoms with van der Waals surface area (Å²) in [7, 11) is 0. The van der Waals surface area contributed by atoms with Crippen molar-refractivity contribution in [3.8, 4) is 0 Å². The van der Waals surface area contributed by atoms with E-state index < -0.39 is 17.9 Å². The molecule has 1 saturated heterocycles. The Hall–Kier alpha value is -1.37. The maximum atomic E-state index is 14.3. The molecular weight excluding hydrogens is 281 g/mol. The van der Waals surface area contributed by atoms with Crippen LogP contribution in [-0.4, -0.2) is 40.8 Å². The van der Waals surface area contributed by atoms with Crippen molar-refractivity contribution in [3.63, 3.8) is 0 Å². The van der Waals surface area contributed by atoms with Crippen LogP contribution in [0.15, 0.2) is 6.20 Å². The van der Waals surface area contributed by atoms with Gasteiger partial charge in [-0.25, -0.2) is 14.2 Å². The zero-order valence-electron chi connectivity index (χ0n) is 11.9. The van der Waals surface area contributed by atoms with Crippen LogP contribution in [0, 0.1) is 0 Å². The number of rotatable bonds is 1. The van der Waals surface area contributed by atoms with E-state index >= 15 is 0 Å². The predicted octanol–water partition coefficient (Wildman–Crippen LogP) is 2.79. The van der Waals surface area contributed by atoms with Gasteiger partial charge in [-0.2, -0.15) is 0 Å². The van der Waals surface area contributed by atoms with Gasteiger partial charge in [-0.3, -0.25) is 0 Å². The van der Waals surface area contributed by atoms with Crippen molar-refractivity contribution in [2.24, 2.45) is 0 Å². The fourth-order valence-corrected chi connectivity index (χ4v) is 3.06. The average molecular weight is 301 g/mol. The summed E-state index contributed by atoms with van der Waals surface area (Å²) in [5.41, 5.74) is 5.01. The van der Waals surface area contributed by atoms with Crippen LogP contribution in [0.25, 0.3) is 0 Å². The molecule has 0 spiro atoms. The number of amides is 1. The van der Waals surface area contributed by atoms with Gasteiger partial charge < -0.3 is 15.4 Å². The molecule has 7 heteroatoms. The van der Waals surface area contributed by atoms with E-state index in [2.05, 4.69) is 4.98 Å². The van der Waals surface area contributed by atoms with E-state index in [1.807, 2.05) is 0 Å². The Bertz CT molecular complexity index is 486. The van der Waals surface area contributed by atoms with Crippen LogP contribution in [0.2, 0.25) is 0 Å². The monoisotopic (exact) mass is 301 g/mol. The molecule has 0 radical (unpaired) electrons. The van der Waals surface area contributed by atoms with Gasteiger partial charge >= 0.3 is 6.09 Å². The summed E-state index contributed by atoms with van der Waals surface area (Å²) < 4.78 is 19.5.